The molecule has 0 aromatic carbocycles. The Morgan fingerprint density at radius 2 is 0.765 bits per heavy atom. The molecule has 34 heavy (non-hydrogen) atoms. The lowest BCUT2D eigenvalue weighted by atomic mass is 9.84. The summed E-state index contributed by atoms with van der Waals surface area (Å²) >= 11 is 0. The highest BCUT2D eigenvalue weighted by Crippen LogP contribution is 2.28. The molecule has 0 aromatic heterocycles. The SMILES string of the molecule is CCCCCCCCCCCCC(CC(CCCCCCCC)CCCCCCCC)C(=O)[O-]. The van der Waals surface area contributed by atoms with Gasteiger partial charge in [-0.15, -0.1) is 0 Å². The monoisotopic (exact) mass is 479 g/mol. The fourth-order valence-electron chi connectivity index (χ4n) is 5.42. The third-order valence-corrected chi connectivity index (χ3v) is 7.79. The number of carbonyl (C=O) groups is 1. The Kier molecular flexibility index (Phi) is 26.6. The molecule has 0 amide bonds. The van der Waals surface area contributed by atoms with Crippen molar-refractivity contribution in [1.29, 1.82) is 0 Å². The van der Waals surface area contributed by atoms with E-state index >= 15 is 0 Å². The number of unbranched alkanes of at least 4 members (excludes halogenated alkanes) is 19. The van der Waals surface area contributed by atoms with Crippen molar-refractivity contribution in [2.75, 3.05) is 0 Å². The van der Waals surface area contributed by atoms with Gasteiger partial charge in [0.1, 0.15) is 0 Å². The van der Waals surface area contributed by atoms with E-state index in [9.17, 15) is 9.90 Å². The summed E-state index contributed by atoms with van der Waals surface area (Å²) in [7, 11) is 0. The van der Waals surface area contributed by atoms with Crippen molar-refractivity contribution in [2.24, 2.45) is 11.8 Å². The van der Waals surface area contributed by atoms with Crippen LogP contribution in [0.2, 0.25) is 0 Å². The molecule has 0 spiro atoms. The first-order valence-corrected chi connectivity index (χ1v) is 15.9. The van der Waals surface area contributed by atoms with Gasteiger partial charge in [-0.3, -0.25) is 0 Å². The smallest absolute Gasteiger partial charge is 0.0445 e. The van der Waals surface area contributed by atoms with Crippen molar-refractivity contribution in [2.45, 2.75) is 188 Å². The molecule has 0 N–H and O–H groups in total. The average molecular weight is 480 g/mol. The summed E-state index contributed by atoms with van der Waals surface area (Å²) in [5.74, 6) is -0.422. The van der Waals surface area contributed by atoms with Gasteiger partial charge in [0.15, 0.2) is 0 Å². The summed E-state index contributed by atoms with van der Waals surface area (Å²) in [5.41, 5.74) is 0. The van der Waals surface area contributed by atoms with Crippen molar-refractivity contribution in [3.8, 4) is 0 Å². The highest BCUT2D eigenvalue weighted by molar-refractivity contribution is 5.67. The van der Waals surface area contributed by atoms with Crippen molar-refractivity contribution in [1.82, 2.24) is 0 Å². The Balaban J connectivity index is 4.24. The van der Waals surface area contributed by atoms with E-state index in [0.717, 1.165) is 19.3 Å². The van der Waals surface area contributed by atoms with Gasteiger partial charge in [0, 0.05) is 5.97 Å². The van der Waals surface area contributed by atoms with Gasteiger partial charge >= 0.3 is 0 Å². The average Bonchev–Trinajstić information content (AvgIpc) is 2.83. The Hall–Kier alpha value is -0.530. The summed E-state index contributed by atoms with van der Waals surface area (Å²) in [4.78, 5) is 11.9. The highest BCUT2D eigenvalue weighted by Gasteiger charge is 2.17. The van der Waals surface area contributed by atoms with Crippen LogP contribution in [0.4, 0.5) is 0 Å². The van der Waals surface area contributed by atoms with Gasteiger partial charge in [-0.1, -0.05) is 175 Å². The third kappa shape index (κ3) is 23.2. The number of rotatable bonds is 28. The van der Waals surface area contributed by atoms with Crippen LogP contribution in [0.15, 0.2) is 0 Å². The van der Waals surface area contributed by atoms with Crippen LogP contribution < -0.4 is 5.11 Å². The first kappa shape index (κ1) is 33.5. The Morgan fingerprint density at radius 3 is 1.09 bits per heavy atom. The minimum Gasteiger partial charge on any atom is -0.550 e. The van der Waals surface area contributed by atoms with Crippen molar-refractivity contribution >= 4 is 5.97 Å². The van der Waals surface area contributed by atoms with Gasteiger partial charge in [-0.25, -0.2) is 0 Å². The molecule has 0 aliphatic heterocycles. The molecule has 204 valence electrons. The van der Waals surface area contributed by atoms with E-state index in [0.29, 0.717) is 5.92 Å². The second-order valence-corrected chi connectivity index (χ2v) is 11.2. The molecule has 0 bridgehead atoms. The van der Waals surface area contributed by atoms with E-state index in [1.54, 1.807) is 0 Å². The number of carboxylic acid groups (broad SMARTS) is 1. The quantitative estimate of drug-likeness (QED) is 0.105. The lowest BCUT2D eigenvalue weighted by Gasteiger charge is -2.25. The first-order valence-electron chi connectivity index (χ1n) is 15.9. The Labute approximate surface area is 215 Å². The normalized spacial score (nSPS) is 12.5. The molecule has 0 aliphatic carbocycles. The summed E-state index contributed by atoms with van der Waals surface area (Å²) in [6.45, 7) is 6.81. The molecule has 1 atom stereocenters. The van der Waals surface area contributed by atoms with Crippen LogP contribution in [-0.4, -0.2) is 5.97 Å². The van der Waals surface area contributed by atoms with Gasteiger partial charge < -0.3 is 9.90 Å². The molecule has 2 nitrogen and oxygen atoms in total. The molecule has 0 saturated carbocycles. The largest absolute Gasteiger partial charge is 0.550 e. The number of hydrogen-bond donors (Lipinski definition) is 0. The summed E-state index contributed by atoms with van der Waals surface area (Å²) in [5, 5.41) is 11.9. The Bertz CT molecular complexity index is 390. The van der Waals surface area contributed by atoms with E-state index in [-0.39, 0.29) is 5.92 Å². The summed E-state index contributed by atoms with van der Waals surface area (Å²) in [6, 6.07) is 0. The van der Waals surface area contributed by atoms with Gasteiger partial charge in [-0.05, 0) is 24.7 Å². The van der Waals surface area contributed by atoms with Crippen molar-refractivity contribution in [3.63, 3.8) is 0 Å². The lowest BCUT2D eigenvalue weighted by molar-refractivity contribution is -0.312. The number of hydrogen-bond acceptors (Lipinski definition) is 2. The fourth-order valence-corrected chi connectivity index (χ4v) is 5.42. The van der Waals surface area contributed by atoms with E-state index in [2.05, 4.69) is 20.8 Å². The number of carboxylic acids is 1. The maximum absolute atomic E-state index is 11.9. The number of carbonyl (C=O) groups excluding carboxylic acids is 1. The maximum Gasteiger partial charge on any atom is 0.0445 e. The van der Waals surface area contributed by atoms with Crippen LogP contribution in [0.3, 0.4) is 0 Å². The standard InChI is InChI=1S/C32H64O2/c1-4-7-10-13-16-17-18-19-22-25-28-31(32(33)34)29-30(26-23-20-14-11-8-5-2)27-24-21-15-12-9-6-3/h30-31H,4-29H2,1-3H3,(H,33,34)/p-1. The van der Waals surface area contributed by atoms with Gasteiger partial charge in [0.2, 0.25) is 0 Å². The van der Waals surface area contributed by atoms with Crippen LogP contribution in [0.25, 0.3) is 0 Å². The predicted octanol–water partition coefficient (Wildman–Crippen LogP) is 10.2. The molecule has 0 saturated heterocycles. The van der Waals surface area contributed by atoms with Crippen LogP contribution >= 0.6 is 0 Å². The van der Waals surface area contributed by atoms with Crippen molar-refractivity contribution in [3.05, 3.63) is 0 Å². The lowest BCUT2D eigenvalue weighted by Crippen LogP contribution is -2.32. The van der Waals surface area contributed by atoms with Crippen LogP contribution in [0.5, 0.6) is 0 Å². The van der Waals surface area contributed by atoms with E-state index in [1.807, 2.05) is 0 Å². The molecule has 0 rings (SSSR count). The maximum atomic E-state index is 11.9. The van der Waals surface area contributed by atoms with Gasteiger partial charge in [0.05, 0.1) is 0 Å². The van der Waals surface area contributed by atoms with Gasteiger partial charge in [-0.2, -0.15) is 0 Å². The minimum absolute atomic E-state index is 0.223. The molecular formula is C32H63O2-. The Morgan fingerprint density at radius 1 is 0.471 bits per heavy atom. The zero-order chi connectivity index (χ0) is 25.1. The van der Waals surface area contributed by atoms with Crippen LogP contribution in [-0.2, 0) is 4.79 Å². The first-order chi connectivity index (χ1) is 16.7. The molecule has 0 heterocycles. The van der Waals surface area contributed by atoms with E-state index < -0.39 is 5.97 Å². The van der Waals surface area contributed by atoms with E-state index in [4.69, 9.17) is 0 Å². The minimum atomic E-state index is -0.785. The van der Waals surface area contributed by atoms with Crippen molar-refractivity contribution < 1.29 is 9.90 Å². The topological polar surface area (TPSA) is 40.1 Å². The fraction of sp³-hybridized carbons (Fsp3) is 0.969. The molecule has 2 heteroatoms. The molecular weight excluding hydrogens is 416 g/mol. The third-order valence-electron chi connectivity index (χ3n) is 7.79. The summed E-state index contributed by atoms with van der Waals surface area (Å²) in [6.07, 6.45) is 33.1. The van der Waals surface area contributed by atoms with Crippen LogP contribution in [0, 0.1) is 11.8 Å². The second kappa shape index (κ2) is 27.1. The summed E-state index contributed by atoms with van der Waals surface area (Å²) < 4.78 is 0. The predicted molar refractivity (Wildman–Crippen MR) is 149 cm³/mol. The number of aliphatic carboxylic acids is 1. The molecule has 0 aromatic rings. The zero-order valence-corrected chi connectivity index (χ0v) is 23.9. The highest BCUT2D eigenvalue weighted by atomic mass is 16.4. The van der Waals surface area contributed by atoms with E-state index in [1.165, 1.54) is 148 Å². The second-order valence-electron chi connectivity index (χ2n) is 11.2. The van der Waals surface area contributed by atoms with Gasteiger partial charge in [0.25, 0.3) is 0 Å². The molecule has 0 radical (unpaired) electrons. The molecule has 0 fully saturated rings. The molecule has 0 aliphatic rings. The zero-order valence-electron chi connectivity index (χ0n) is 23.9. The van der Waals surface area contributed by atoms with Crippen LogP contribution in [0.1, 0.15) is 188 Å². The molecule has 1 unspecified atom stereocenters.